The molecular weight excluding hydrogens is 350 g/mol. The highest BCUT2D eigenvalue weighted by molar-refractivity contribution is 5.92. The lowest BCUT2D eigenvalue weighted by Crippen LogP contribution is -2.27. The van der Waals surface area contributed by atoms with Crippen molar-refractivity contribution in [2.75, 3.05) is 26.0 Å². The topological polar surface area (TPSA) is 54.5 Å². The Kier molecular flexibility index (Phi) is 6.63. The Morgan fingerprint density at radius 2 is 1.79 bits per heavy atom. The molecular formula is C23H25N3O2. The van der Waals surface area contributed by atoms with Crippen LogP contribution in [0.25, 0.3) is 0 Å². The van der Waals surface area contributed by atoms with Crippen LogP contribution in [0.1, 0.15) is 21.6 Å². The number of nitrogens with zero attached hydrogens (tertiary/aromatic N) is 2. The molecule has 0 bridgehead atoms. The van der Waals surface area contributed by atoms with E-state index in [0.29, 0.717) is 12.2 Å². The quantitative estimate of drug-likeness (QED) is 0.646. The van der Waals surface area contributed by atoms with Gasteiger partial charge in [0.2, 0.25) is 0 Å². The maximum Gasteiger partial charge on any atom is 0.272 e. The molecule has 1 amide bonds. The van der Waals surface area contributed by atoms with Gasteiger partial charge in [-0.3, -0.25) is 9.78 Å². The Balaban J connectivity index is 1.55. The largest absolute Gasteiger partial charge is 0.497 e. The number of ether oxygens (including phenoxy) is 1. The van der Waals surface area contributed by atoms with Crippen LogP contribution in [0, 0.1) is 0 Å². The number of pyridine rings is 1. The fourth-order valence-corrected chi connectivity index (χ4v) is 2.93. The van der Waals surface area contributed by atoms with Crippen LogP contribution in [0.2, 0.25) is 0 Å². The Morgan fingerprint density at radius 3 is 2.50 bits per heavy atom. The fourth-order valence-electron chi connectivity index (χ4n) is 2.93. The van der Waals surface area contributed by atoms with Crippen molar-refractivity contribution in [3.05, 3.63) is 89.7 Å². The summed E-state index contributed by atoms with van der Waals surface area (Å²) in [5.74, 6) is 0.760. The second-order valence-corrected chi connectivity index (χ2v) is 6.60. The molecule has 5 nitrogen and oxygen atoms in total. The van der Waals surface area contributed by atoms with Gasteiger partial charge in [0, 0.05) is 32.0 Å². The Hall–Kier alpha value is -3.34. The fraction of sp³-hybridized carbons (Fsp3) is 0.217. The van der Waals surface area contributed by atoms with Gasteiger partial charge in [0.1, 0.15) is 11.4 Å². The molecule has 0 aliphatic rings. The van der Waals surface area contributed by atoms with Gasteiger partial charge in [0.15, 0.2) is 0 Å². The van der Waals surface area contributed by atoms with Gasteiger partial charge in [0.25, 0.3) is 5.91 Å². The highest BCUT2D eigenvalue weighted by Crippen LogP contribution is 2.14. The number of rotatable bonds is 8. The first kappa shape index (κ1) is 19.4. The average molecular weight is 375 g/mol. The van der Waals surface area contributed by atoms with E-state index in [4.69, 9.17) is 4.74 Å². The first-order valence-electron chi connectivity index (χ1n) is 9.28. The second kappa shape index (κ2) is 9.55. The Bertz CT molecular complexity index is 895. The maximum absolute atomic E-state index is 12.7. The lowest BCUT2D eigenvalue weighted by atomic mass is 10.1. The van der Waals surface area contributed by atoms with Crippen molar-refractivity contribution in [1.29, 1.82) is 0 Å². The minimum Gasteiger partial charge on any atom is -0.497 e. The van der Waals surface area contributed by atoms with Crippen molar-refractivity contribution in [3.63, 3.8) is 0 Å². The van der Waals surface area contributed by atoms with E-state index in [1.165, 1.54) is 5.56 Å². The van der Waals surface area contributed by atoms with Gasteiger partial charge in [-0.1, -0.05) is 42.5 Å². The number of methoxy groups -OCH3 is 1. The van der Waals surface area contributed by atoms with Crippen LogP contribution in [-0.4, -0.2) is 36.5 Å². The first-order valence-corrected chi connectivity index (χ1v) is 9.28. The second-order valence-electron chi connectivity index (χ2n) is 6.60. The maximum atomic E-state index is 12.7. The van der Waals surface area contributed by atoms with E-state index < -0.39 is 0 Å². The zero-order valence-electron chi connectivity index (χ0n) is 16.3. The molecule has 2 aromatic carbocycles. The number of amides is 1. The number of aromatic nitrogens is 1. The first-order chi connectivity index (χ1) is 13.7. The minimum absolute atomic E-state index is 0.0948. The van der Waals surface area contributed by atoms with Crippen molar-refractivity contribution >= 4 is 11.6 Å². The summed E-state index contributed by atoms with van der Waals surface area (Å²) in [5.41, 5.74) is 3.64. The predicted octanol–water partition coefficient (Wildman–Crippen LogP) is 4.02. The van der Waals surface area contributed by atoms with Crippen molar-refractivity contribution in [2.24, 2.45) is 0 Å². The summed E-state index contributed by atoms with van der Waals surface area (Å²) in [7, 11) is 3.46. The highest BCUT2D eigenvalue weighted by Gasteiger charge is 2.14. The molecule has 144 valence electrons. The van der Waals surface area contributed by atoms with Crippen LogP contribution in [0.5, 0.6) is 5.75 Å². The van der Waals surface area contributed by atoms with Crippen molar-refractivity contribution < 1.29 is 9.53 Å². The van der Waals surface area contributed by atoms with E-state index in [9.17, 15) is 4.79 Å². The SMILES string of the molecule is COc1ccc(CCNc2ccnc(C(=O)N(C)Cc3ccccc3)c2)cc1. The van der Waals surface area contributed by atoms with Crippen LogP contribution in [0.3, 0.4) is 0 Å². The highest BCUT2D eigenvalue weighted by atomic mass is 16.5. The molecule has 3 aromatic rings. The number of nitrogens with one attached hydrogen (secondary N) is 1. The van der Waals surface area contributed by atoms with Gasteiger partial charge in [-0.15, -0.1) is 0 Å². The van der Waals surface area contributed by atoms with Gasteiger partial charge in [-0.05, 0) is 41.8 Å². The molecule has 0 spiro atoms. The summed E-state index contributed by atoms with van der Waals surface area (Å²) in [6.07, 6.45) is 2.54. The number of hydrogen-bond donors (Lipinski definition) is 1. The van der Waals surface area contributed by atoms with Gasteiger partial charge in [0.05, 0.1) is 7.11 Å². The number of hydrogen-bond acceptors (Lipinski definition) is 4. The number of carbonyl (C=O) groups excluding carboxylic acids is 1. The van der Waals surface area contributed by atoms with Crippen LogP contribution >= 0.6 is 0 Å². The number of benzene rings is 2. The molecule has 0 saturated carbocycles. The monoisotopic (exact) mass is 375 g/mol. The van der Waals surface area contributed by atoms with Crippen LogP contribution in [0.4, 0.5) is 5.69 Å². The Labute approximate surface area is 166 Å². The van der Waals surface area contributed by atoms with Crippen LogP contribution < -0.4 is 10.1 Å². The Morgan fingerprint density at radius 1 is 1.04 bits per heavy atom. The standard InChI is InChI=1S/C23H25N3O2/c1-26(17-19-6-4-3-5-7-19)23(27)22-16-20(13-15-25-22)24-14-12-18-8-10-21(28-2)11-9-18/h3-11,13,15-16H,12,14,17H2,1-2H3,(H,24,25). The van der Waals surface area contributed by atoms with E-state index >= 15 is 0 Å². The number of anilines is 1. The summed E-state index contributed by atoms with van der Waals surface area (Å²) in [5, 5.41) is 3.36. The van der Waals surface area contributed by atoms with Gasteiger partial charge < -0.3 is 15.0 Å². The summed E-state index contributed by atoms with van der Waals surface area (Å²) in [6, 6.07) is 21.6. The molecule has 0 saturated heterocycles. The predicted molar refractivity (Wildman–Crippen MR) is 112 cm³/mol. The molecule has 0 atom stereocenters. The molecule has 0 aliphatic carbocycles. The molecule has 1 N–H and O–H groups in total. The lowest BCUT2D eigenvalue weighted by Gasteiger charge is -2.17. The summed E-state index contributed by atoms with van der Waals surface area (Å²) < 4.78 is 5.18. The van der Waals surface area contributed by atoms with Crippen LogP contribution in [0.15, 0.2) is 72.9 Å². The summed E-state index contributed by atoms with van der Waals surface area (Å²) >= 11 is 0. The normalized spacial score (nSPS) is 10.4. The zero-order chi connectivity index (χ0) is 19.8. The van der Waals surface area contributed by atoms with Crippen LogP contribution in [-0.2, 0) is 13.0 Å². The summed E-state index contributed by atoms with van der Waals surface area (Å²) in [6.45, 7) is 1.32. The molecule has 28 heavy (non-hydrogen) atoms. The number of carbonyl (C=O) groups is 1. The van der Waals surface area contributed by atoms with Gasteiger partial charge >= 0.3 is 0 Å². The van der Waals surface area contributed by atoms with Gasteiger partial charge in [-0.25, -0.2) is 0 Å². The molecule has 3 rings (SSSR count). The lowest BCUT2D eigenvalue weighted by molar-refractivity contribution is 0.0779. The van der Waals surface area contributed by atoms with E-state index in [-0.39, 0.29) is 5.91 Å². The molecule has 0 fully saturated rings. The average Bonchev–Trinajstić information content (AvgIpc) is 2.74. The van der Waals surface area contributed by atoms with E-state index in [2.05, 4.69) is 22.4 Å². The van der Waals surface area contributed by atoms with Crippen molar-refractivity contribution in [1.82, 2.24) is 9.88 Å². The molecule has 1 aromatic heterocycles. The van der Waals surface area contributed by atoms with Crippen molar-refractivity contribution in [3.8, 4) is 5.75 Å². The smallest absolute Gasteiger partial charge is 0.272 e. The van der Waals surface area contributed by atoms with E-state index in [1.54, 1.807) is 31.3 Å². The third kappa shape index (κ3) is 5.33. The zero-order valence-corrected chi connectivity index (χ0v) is 16.3. The molecule has 0 aliphatic heterocycles. The van der Waals surface area contributed by atoms with E-state index in [0.717, 1.165) is 30.0 Å². The molecule has 1 heterocycles. The van der Waals surface area contributed by atoms with Crippen molar-refractivity contribution in [2.45, 2.75) is 13.0 Å². The minimum atomic E-state index is -0.0948. The molecule has 0 radical (unpaired) electrons. The van der Waals surface area contributed by atoms with Gasteiger partial charge in [-0.2, -0.15) is 0 Å². The third-order valence-corrected chi connectivity index (χ3v) is 4.49. The third-order valence-electron chi connectivity index (χ3n) is 4.49. The molecule has 5 heteroatoms. The molecule has 0 unspecified atom stereocenters. The van der Waals surface area contributed by atoms with E-state index in [1.807, 2.05) is 48.5 Å². The summed E-state index contributed by atoms with van der Waals surface area (Å²) in [4.78, 5) is 18.6.